The van der Waals surface area contributed by atoms with Crippen LogP contribution < -0.4 is 10.1 Å². The first-order valence-corrected chi connectivity index (χ1v) is 5.53. The van der Waals surface area contributed by atoms with Gasteiger partial charge in [0.25, 0.3) is 5.24 Å². The second-order valence-electron chi connectivity index (χ2n) is 3.87. The summed E-state index contributed by atoms with van der Waals surface area (Å²) in [5.41, 5.74) is 0.742. The third kappa shape index (κ3) is 2.98. The van der Waals surface area contributed by atoms with Gasteiger partial charge in [0.05, 0.1) is 5.92 Å². The standard InChI is InChI=1S/C11H7ClF3NO3/c12-10(18)9(17)7-4-16-8-3-5(1-2-6(7)8)19-11(13,14)15/h1-3,7,16H,4H2. The molecular weight excluding hydrogens is 287 g/mol. The maximum absolute atomic E-state index is 12.0. The van der Waals surface area contributed by atoms with E-state index in [1.165, 1.54) is 6.07 Å². The molecule has 1 aromatic carbocycles. The quantitative estimate of drug-likeness (QED) is 0.687. The van der Waals surface area contributed by atoms with Gasteiger partial charge in [0, 0.05) is 18.3 Å². The van der Waals surface area contributed by atoms with Crippen LogP contribution in [0.25, 0.3) is 0 Å². The second kappa shape index (κ2) is 4.73. The fraction of sp³-hybridized carbons (Fsp3) is 0.273. The van der Waals surface area contributed by atoms with E-state index in [2.05, 4.69) is 10.1 Å². The smallest absolute Gasteiger partial charge is 0.406 e. The van der Waals surface area contributed by atoms with Gasteiger partial charge in [-0.3, -0.25) is 9.59 Å². The molecule has 0 saturated heterocycles. The number of fused-ring (bicyclic) bond motifs is 1. The molecule has 1 N–H and O–H groups in total. The Balaban J connectivity index is 2.25. The average molecular weight is 294 g/mol. The van der Waals surface area contributed by atoms with Gasteiger partial charge in [0.1, 0.15) is 5.75 Å². The molecular formula is C11H7ClF3NO3. The number of hydrogen-bond donors (Lipinski definition) is 1. The molecule has 0 amide bonds. The molecule has 0 aromatic heterocycles. The van der Waals surface area contributed by atoms with Crippen molar-refractivity contribution < 1.29 is 27.5 Å². The minimum absolute atomic E-state index is 0.113. The van der Waals surface area contributed by atoms with E-state index in [4.69, 9.17) is 11.6 Å². The summed E-state index contributed by atoms with van der Waals surface area (Å²) in [4.78, 5) is 22.3. The van der Waals surface area contributed by atoms with Gasteiger partial charge in [0.2, 0.25) is 5.78 Å². The zero-order valence-electron chi connectivity index (χ0n) is 9.25. The third-order valence-electron chi connectivity index (χ3n) is 2.64. The van der Waals surface area contributed by atoms with E-state index < -0.39 is 29.1 Å². The van der Waals surface area contributed by atoms with Crippen molar-refractivity contribution in [2.75, 3.05) is 11.9 Å². The van der Waals surface area contributed by atoms with E-state index in [0.717, 1.165) is 12.1 Å². The zero-order valence-corrected chi connectivity index (χ0v) is 10.0. The highest BCUT2D eigenvalue weighted by atomic mass is 35.5. The Labute approximate surface area is 110 Å². The maximum atomic E-state index is 12.0. The lowest BCUT2D eigenvalue weighted by atomic mass is 9.97. The summed E-state index contributed by atoms with van der Waals surface area (Å²) < 4.78 is 39.9. The van der Waals surface area contributed by atoms with Gasteiger partial charge in [-0.05, 0) is 23.2 Å². The van der Waals surface area contributed by atoms with Gasteiger partial charge in [-0.1, -0.05) is 6.07 Å². The zero-order chi connectivity index (χ0) is 14.2. The number of ketones is 1. The van der Waals surface area contributed by atoms with Gasteiger partial charge in [0.15, 0.2) is 0 Å². The summed E-state index contributed by atoms with van der Waals surface area (Å²) >= 11 is 5.10. The van der Waals surface area contributed by atoms with Crippen LogP contribution in [0.5, 0.6) is 5.75 Å². The fourth-order valence-corrected chi connectivity index (χ4v) is 2.01. The van der Waals surface area contributed by atoms with Crippen LogP contribution in [-0.4, -0.2) is 23.9 Å². The van der Waals surface area contributed by atoms with Crippen molar-refractivity contribution in [3.63, 3.8) is 0 Å². The minimum atomic E-state index is -4.78. The minimum Gasteiger partial charge on any atom is -0.406 e. The van der Waals surface area contributed by atoms with Gasteiger partial charge >= 0.3 is 6.36 Å². The fourth-order valence-electron chi connectivity index (χ4n) is 1.88. The molecule has 1 aromatic rings. The van der Waals surface area contributed by atoms with E-state index in [0.29, 0.717) is 11.3 Å². The predicted octanol–water partition coefficient (Wildman–Crippen LogP) is 2.43. The molecule has 0 aliphatic carbocycles. The summed E-state index contributed by atoms with van der Waals surface area (Å²) in [6.45, 7) is 0.113. The Morgan fingerprint density at radius 1 is 1.37 bits per heavy atom. The molecule has 1 heterocycles. The van der Waals surface area contributed by atoms with Crippen molar-refractivity contribution in [1.82, 2.24) is 0 Å². The van der Waals surface area contributed by atoms with Crippen molar-refractivity contribution in [3.8, 4) is 5.75 Å². The lowest BCUT2D eigenvalue weighted by Gasteiger charge is -2.10. The number of ether oxygens (including phenoxy) is 1. The highest BCUT2D eigenvalue weighted by molar-refractivity contribution is 6.81. The summed E-state index contributed by atoms with van der Waals surface area (Å²) in [5.74, 6) is -1.97. The largest absolute Gasteiger partial charge is 0.573 e. The first-order valence-electron chi connectivity index (χ1n) is 5.15. The number of Topliss-reactive ketones (excluding diaryl/α,β-unsaturated/α-hetero) is 1. The highest BCUT2D eigenvalue weighted by Gasteiger charge is 2.34. The number of halogens is 4. The molecule has 102 valence electrons. The maximum Gasteiger partial charge on any atom is 0.573 e. The van der Waals surface area contributed by atoms with Crippen molar-refractivity contribution in [2.45, 2.75) is 12.3 Å². The molecule has 0 spiro atoms. The molecule has 0 fully saturated rings. The molecule has 1 unspecified atom stereocenters. The summed E-state index contributed by atoms with van der Waals surface area (Å²) in [5, 5.41) is 1.63. The third-order valence-corrected chi connectivity index (χ3v) is 2.83. The normalized spacial score (nSPS) is 17.6. The van der Waals surface area contributed by atoms with Crippen LogP contribution in [0, 0.1) is 0 Å². The van der Waals surface area contributed by atoms with E-state index in [-0.39, 0.29) is 6.54 Å². The van der Waals surface area contributed by atoms with E-state index in [1.807, 2.05) is 0 Å². The number of hydrogen-bond acceptors (Lipinski definition) is 4. The Bertz CT molecular complexity index is 544. The highest BCUT2D eigenvalue weighted by Crippen LogP contribution is 2.36. The number of carbonyl (C=O) groups is 2. The Kier molecular flexibility index (Phi) is 3.40. The molecule has 2 rings (SSSR count). The van der Waals surface area contributed by atoms with Crippen molar-refractivity contribution in [1.29, 1.82) is 0 Å². The second-order valence-corrected chi connectivity index (χ2v) is 4.21. The number of benzene rings is 1. The van der Waals surface area contributed by atoms with Crippen LogP contribution in [0.3, 0.4) is 0 Å². The topological polar surface area (TPSA) is 55.4 Å². The van der Waals surface area contributed by atoms with Crippen LogP contribution in [0.15, 0.2) is 18.2 Å². The molecule has 19 heavy (non-hydrogen) atoms. The van der Waals surface area contributed by atoms with Gasteiger partial charge < -0.3 is 10.1 Å². The number of alkyl halides is 3. The van der Waals surface area contributed by atoms with E-state index in [9.17, 15) is 22.8 Å². The Hall–Kier alpha value is -1.76. The monoisotopic (exact) mass is 293 g/mol. The predicted molar refractivity (Wildman–Crippen MR) is 60.2 cm³/mol. The van der Waals surface area contributed by atoms with Crippen LogP contribution >= 0.6 is 11.6 Å². The molecule has 0 radical (unpaired) electrons. The van der Waals surface area contributed by atoms with Crippen LogP contribution in [0.2, 0.25) is 0 Å². The lowest BCUT2D eigenvalue weighted by Crippen LogP contribution is -2.19. The van der Waals surface area contributed by atoms with Crippen molar-refractivity contribution >= 4 is 28.3 Å². The lowest BCUT2D eigenvalue weighted by molar-refractivity contribution is -0.274. The number of rotatable bonds is 3. The SMILES string of the molecule is O=C(Cl)C(=O)C1CNc2cc(OC(F)(F)F)ccc21. The van der Waals surface area contributed by atoms with E-state index in [1.54, 1.807) is 0 Å². The number of anilines is 1. The van der Waals surface area contributed by atoms with Gasteiger partial charge in [-0.25, -0.2) is 0 Å². The van der Waals surface area contributed by atoms with E-state index >= 15 is 0 Å². The van der Waals surface area contributed by atoms with Gasteiger partial charge in [-0.2, -0.15) is 0 Å². The first-order chi connectivity index (χ1) is 8.78. The van der Waals surface area contributed by atoms with Crippen LogP contribution in [0.4, 0.5) is 18.9 Å². The number of nitrogens with one attached hydrogen (secondary N) is 1. The molecule has 1 aliphatic heterocycles. The van der Waals surface area contributed by atoms with Crippen LogP contribution in [0.1, 0.15) is 11.5 Å². The Morgan fingerprint density at radius 3 is 2.63 bits per heavy atom. The van der Waals surface area contributed by atoms with Gasteiger partial charge in [-0.15, -0.1) is 13.2 Å². The van der Waals surface area contributed by atoms with Crippen molar-refractivity contribution in [2.24, 2.45) is 0 Å². The summed E-state index contributed by atoms with van der Waals surface area (Å²) in [6.07, 6.45) is -4.78. The molecule has 0 bridgehead atoms. The molecule has 4 nitrogen and oxygen atoms in total. The first kappa shape index (κ1) is 13.7. The Morgan fingerprint density at radius 2 is 2.05 bits per heavy atom. The number of carbonyl (C=O) groups excluding carboxylic acids is 2. The molecule has 0 saturated carbocycles. The van der Waals surface area contributed by atoms with Crippen LogP contribution in [-0.2, 0) is 9.59 Å². The molecule has 1 atom stereocenters. The average Bonchev–Trinajstić information content (AvgIpc) is 2.68. The van der Waals surface area contributed by atoms with Crippen molar-refractivity contribution in [3.05, 3.63) is 23.8 Å². The summed E-state index contributed by atoms with van der Waals surface area (Å²) in [6, 6.07) is 3.51. The summed E-state index contributed by atoms with van der Waals surface area (Å²) in [7, 11) is 0. The molecule has 8 heteroatoms. The molecule has 1 aliphatic rings.